The Bertz CT molecular complexity index is 1110. The van der Waals surface area contributed by atoms with Crippen LogP contribution in [0.15, 0.2) is 35.5 Å². The molecule has 39 heavy (non-hydrogen) atoms. The number of nitrogens with one attached hydrogen (secondary N) is 2. The molecule has 4 heteroatoms. The number of rotatable bonds is 6. The molecule has 0 spiro atoms. The van der Waals surface area contributed by atoms with Gasteiger partial charge in [0.15, 0.2) is 0 Å². The highest BCUT2D eigenvalue weighted by Crippen LogP contribution is 2.69. The molecule has 6 rings (SSSR count). The van der Waals surface area contributed by atoms with Crippen molar-refractivity contribution < 1.29 is 9.18 Å². The molecule has 1 aromatic rings. The van der Waals surface area contributed by atoms with Gasteiger partial charge in [-0.15, -0.1) is 0 Å². The lowest BCUT2D eigenvalue weighted by Crippen LogP contribution is -2.56. The summed E-state index contributed by atoms with van der Waals surface area (Å²) in [6.45, 7) is 12.6. The third kappa shape index (κ3) is 4.66. The first kappa shape index (κ1) is 27.3. The van der Waals surface area contributed by atoms with E-state index in [4.69, 9.17) is 0 Å². The Morgan fingerprint density at radius 2 is 1.69 bits per heavy atom. The molecule has 1 aromatic carbocycles. The lowest BCUT2D eigenvalue weighted by molar-refractivity contribution is -0.104. The van der Waals surface area contributed by atoms with Crippen LogP contribution in [-0.2, 0) is 0 Å². The van der Waals surface area contributed by atoms with Crippen LogP contribution in [0.1, 0.15) is 117 Å². The Balaban J connectivity index is 1.23. The molecule has 0 saturated heterocycles. The van der Waals surface area contributed by atoms with Crippen molar-refractivity contribution in [3.63, 3.8) is 0 Å². The van der Waals surface area contributed by atoms with Gasteiger partial charge in [0.1, 0.15) is 5.82 Å². The lowest BCUT2D eigenvalue weighted by atomic mass is 9.44. The van der Waals surface area contributed by atoms with E-state index in [1.807, 2.05) is 12.1 Å². The number of carbonyl (C=O) groups is 1. The SMILES string of the molecule is CC(C)CCC[C@@H](C)[C@H]1CC[C@H]2[C@@H]3CC[C@H]4CC5=C(C[C@]4(C)[C@H]3CC[C@]12C)C(c1ccc(F)cc1)NC(=O)N5. The summed E-state index contributed by atoms with van der Waals surface area (Å²) in [6, 6.07) is 6.48. The van der Waals surface area contributed by atoms with Gasteiger partial charge in [-0.25, -0.2) is 9.18 Å². The topological polar surface area (TPSA) is 41.1 Å². The molecular weight excluding hydrogens is 483 g/mol. The van der Waals surface area contributed by atoms with Gasteiger partial charge < -0.3 is 10.6 Å². The molecule has 0 aromatic heterocycles. The maximum atomic E-state index is 13.7. The van der Waals surface area contributed by atoms with Crippen molar-refractivity contribution in [2.24, 2.45) is 52.3 Å². The summed E-state index contributed by atoms with van der Waals surface area (Å²) < 4.78 is 13.7. The zero-order chi connectivity index (χ0) is 27.5. The minimum atomic E-state index is -0.228. The highest BCUT2D eigenvalue weighted by atomic mass is 19.1. The fourth-order valence-corrected chi connectivity index (χ4v) is 10.8. The number of fused-ring (bicyclic) bond motifs is 5. The van der Waals surface area contributed by atoms with Crippen LogP contribution in [0.3, 0.4) is 0 Å². The van der Waals surface area contributed by atoms with E-state index < -0.39 is 0 Å². The van der Waals surface area contributed by atoms with Crippen molar-refractivity contribution in [3.8, 4) is 0 Å². The quantitative estimate of drug-likeness (QED) is 0.375. The van der Waals surface area contributed by atoms with E-state index in [2.05, 4.69) is 45.3 Å². The van der Waals surface area contributed by atoms with E-state index in [1.165, 1.54) is 75.5 Å². The first-order valence-electron chi connectivity index (χ1n) is 16.1. The Kier molecular flexibility index (Phi) is 7.16. The summed E-state index contributed by atoms with van der Waals surface area (Å²) in [5.41, 5.74) is 4.27. The molecule has 2 N–H and O–H groups in total. The van der Waals surface area contributed by atoms with E-state index in [1.54, 1.807) is 0 Å². The number of hydrogen-bond acceptors (Lipinski definition) is 1. The molecule has 214 valence electrons. The van der Waals surface area contributed by atoms with Crippen molar-refractivity contribution in [1.82, 2.24) is 10.6 Å². The summed E-state index contributed by atoms with van der Waals surface area (Å²) in [5.74, 6) is 5.45. The standard InChI is InChI=1S/C35H51FN2O/c1-21(2)7-6-8-22(3)28-15-16-29-26-14-11-24-19-31-27(20-35(24,5)30(26)17-18-34(28,29)4)32(38-33(39)37-31)23-9-12-25(36)13-10-23/h9-10,12-13,21-22,24,26,28-30,32H,6-8,11,14-20H2,1-5H3,(H2,37,38,39)/t22-,24+,26+,28-,29+,30+,32?,34-,35+/m1/s1. The normalized spacial score (nSPS) is 40.2. The molecule has 1 aliphatic heterocycles. The highest BCUT2D eigenvalue weighted by Gasteiger charge is 2.61. The van der Waals surface area contributed by atoms with Gasteiger partial charge in [0.05, 0.1) is 6.04 Å². The van der Waals surface area contributed by atoms with E-state index in [-0.39, 0.29) is 23.3 Å². The molecular formula is C35H51FN2O. The molecule has 0 bridgehead atoms. The van der Waals surface area contributed by atoms with Gasteiger partial charge in [0, 0.05) is 5.70 Å². The number of allylic oxidation sites excluding steroid dienone is 1. The van der Waals surface area contributed by atoms with Gasteiger partial charge in [-0.05, 0) is 127 Å². The Morgan fingerprint density at radius 3 is 2.44 bits per heavy atom. The molecule has 9 atom stereocenters. The molecule has 3 saturated carbocycles. The summed E-state index contributed by atoms with van der Waals surface area (Å²) >= 11 is 0. The van der Waals surface area contributed by atoms with E-state index >= 15 is 0 Å². The smallest absolute Gasteiger partial charge is 0.319 e. The number of urea groups is 1. The molecule has 5 aliphatic rings. The molecule has 1 unspecified atom stereocenters. The third-order valence-electron chi connectivity index (χ3n) is 12.8. The number of halogens is 1. The molecule has 4 aliphatic carbocycles. The summed E-state index contributed by atoms with van der Waals surface area (Å²) in [4.78, 5) is 12.7. The second-order valence-electron chi connectivity index (χ2n) is 15.2. The average molecular weight is 535 g/mol. The van der Waals surface area contributed by atoms with Crippen LogP contribution in [-0.4, -0.2) is 6.03 Å². The number of hydrogen-bond donors (Lipinski definition) is 2. The number of amides is 2. The third-order valence-corrected chi connectivity index (χ3v) is 12.8. The summed E-state index contributed by atoms with van der Waals surface area (Å²) in [7, 11) is 0. The van der Waals surface area contributed by atoms with Gasteiger partial charge in [0.25, 0.3) is 0 Å². The van der Waals surface area contributed by atoms with Gasteiger partial charge in [-0.3, -0.25) is 0 Å². The maximum Gasteiger partial charge on any atom is 0.319 e. The van der Waals surface area contributed by atoms with Gasteiger partial charge >= 0.3 is 6.03 Å². The van der Waals surface area contributed by atoms with Gasteiger partial charge in [-0.1, -0.05) is 66.0 Å². The zero-order valence-electron chi connectivity index (χ0n) is 25.0. The van der Waals surface area contributed by atoms with Crippen LogP contribution in [0.4, 0.5) is 9.18 Å². The molecule has 1 heterocycles. The lowest BCUT2D eigenvalue weighted by Gasteiger charge is -2.61. The van der Waals surface area contributed by atoms with Crippen molar-refractivity contribution in [2.45, 2.75) is 111 Å². The van der Waals surface area contributed by atoms with Crippen LogP contribution in [0.25, 0.3) is 0 Å². The van der Waals surface area contributed by atoms with Crippen molar-refractivity contribution in [1.29, 1.82) is 0 Å². The molecule has 2 amide bonds. The second kappa shape index (κ2) is 10.2. The Labute approximate surface area is 236 Å². The monoisotopic (exact) mass is 534 g/mol. The molecule has 0 radical (unpaired) electrons. The van der Waals surface area contributed by atoms with Crippen molar-refractivity contribution >= 4 is 6.03 Å². The first-order chi connectivity index (χ1) is 18.6. The van der Waals surface area contributed by atoms with E-state index in [0.717, 1.165) is 59.6 Å². The zero-order valence-corrected chi connectivity index (χ0v) is 25.0. The predicted molar refractivity (Wildman–Crippen MR) is 156 cm³/mol. The van der Waals surface area contributed by atoms with Gasteiger partial charge in [0.2, 0.25) is 0 Å². The molecule has 3 fully saturated rings. The first-order valence-corrected chi connectivity index (χ1v) is 16.1. The van der Waals surface area contributed by atoms with Crippen molar-refractivity contribution in [3.05, 3.63) is 46.9 Å². The fourth-order valence-electron chi connectivity index (χ4n) is 10.8. The number of carbonyl (C=O) groups excluding carboxylic acids is 1. The highest BCUT2D eigenvalue weighted by molar-refractivity contribution is 5.79. The summed E-state index contributed by atoms with van der Waals surface area (Å²) in [6.07, 6.45) is 14.5. The largest absolute Gasteiger partial charge is 0.327 e. The van der Waals surface area contributed by atoms with E-state index in [9.17, 15) is 9.18 Å². The van der Waals surface area contributed by atoms with Crippen molar-refractivity contribution in [2.75, 3.05) is 0 Å². The van der Waals surface area contributed by atoms with Crippen LogP contribution in [0.2, 0.25) is 0 Å². The Hall–Kier alpha value is -1.84. The number of benzene rings is 1. The minimum Gasteiger partial charge on any atom is -0.327 e. The van der Waals surface area contributed by atoms with Crippen LogP contribution in [0.5, 0.6) is 0 Å². The fraction of sp³-hybridized carbons (Fsp3) is 0.743. The van der Waals surface area contributed by atoms with Gasteiger partial charge in [-0.2, -0.15) is 0 Å². The Morgan fingerprint density at radius 1 is 0.949 bits per heavy atom. The average Bonchev–Trinajstić information content (AvgIpc) is 3.25. The second-order valence-corrected chi connectivity index (χ2v) is 15.2. The minimum absolute atomic E-state index is 0.117. The molecule has 3 nitrogen and oxygen atoms in total. The maximum absolute atomic E-state index is 13.7. The van der Waals surface area contributed by atoms with Crippen LogP contribution >= 0.6 is 0 Å². The van der Waals surface area contributed by atoms with Crippen LogP contribution < -0.4 is 10.6 Å². The summed E-state index contributed by atoms with van der Waals surface area (Å²) in [5, 5.41) is 6.38. The van der Waals surface area contributed by atoms with E-state index in [0.29, 0.717) is 11.3 Å². The van der Waals surface area contributed by atoms with Crippen LogP contribution in [0, 0.1) is 58.1 Å². The predicted octanol–water partition coefficient (Wildman–Crippen LogP) is 9.16.